The molecule has 0 saturated carbocycles. The number of hydrogen-bond acceptors (Lipinski definition) is 5. The van der Waals surface area contributed by atoms with Crippen LogP contribution < -0.4 is 16.2 Å². The van der Waals surface area contributed by atoms with Crippen molar-refractivity contribution >= 4 is 23.6 Å². The zero-order chi connectivity index (χ0) is 16.4. The van der Waals surface area contributed by atoms with Crippen molar-refractivity contribution in [2.45, 2.75) is 0 Å². The Morgan fingerprint density at radius 3 is 2.57 bits per heavy atom. The second-order valence-corrected chi connectivity index (χ2v) is 4.98. The summed E-state index contributed by atoms with van der Waals surface area (Å²) in [6.07, 6.45) is 0.544. The molecule has 0 aliphatic rings. The summed E-state index contributed by atoms with van der Waals surface area (Å²) in [5.41, 5.74) is 12.9. The summed E-state index contributed by atoms with van der Waals surface area (Å²) >= 11 is 6.35. The topological polar surface area (TPSA) is 120 Å². The first-order valence-electron chi connectivity index (χ1n) is 6.59. The third-order valence-electron chi connectivity index (χ3n) is 3.09. The van der Waals surface area contributed by atoms with E-state index in [1.54, 1.807) is 6.07 Å². The fourth-order valence-corrected chi connectivity index (χ4v) is 2.43. The van der Waals surface area contributed by atoms with Crippen LogP contribution in [-0.2, 0) is 0 Å². The van der Waals surface area contributed by atoms with Gasteiger partial charge in [0.25, 0.3) is 0 Å². The average Bonchev–Trinajstić information content (AvgIpc) is 2.85. The molecule has 3 rings (SSSR count). The van der Waals surface area contributed by atoms with E-state index in [0.717, 1.165) is 5.56 Å². The van der Waals surface area contributed by atoms with Crippen molar-refractivity contribution in [1.82, 2.24) is 15.0 Å². The summed E-state index contributed by atoms with van der Waals surface area (Å²) in [4.78, 5) is 22.2. The van der Waals surface area contributed by atoms with Gasteiger partial charge in [-0.1, -0.05) is 41.9 Å². The Balaban J connectivity index is 2.19. The average molecular weight is 330 g/mol. The number of hydrogen-bond donors (Lipinski definition) is 3. The van der Waals surface area contributed by atoms with Gasteiger partial charge in [-0.05, 0) is 6.07 Å². The molecule has 23 heavy (non-hydrogen) atoms. The Morgan fingerprint density at radius 2 is 1.91 bits per heavy atom. The van der Waals surface area contributed by atoms with E-state index in [-0.39, 0.29) is 16.7 Å². The molecule has 7 nitrogen and oxygen atoms in total. The van der Waals surface area contributed by atoms with Crippen molar-refractivity contribution in [3.63, 3.8) is 0 Å². The van der Waals surface area contributed by atoms with Gasteiger partial charge in [-0.15, -0.1) is 0 Å². The number of nitrogens with one attached hydrogen (secondary N) is 1. The molecule has 2 aromatic heterocycles. The number of primary amides is 1. The van der Waals surface area contributed by atoms with Gasteiger partial charge in [-0.2, -0.15) is 0 Å². The lowest BCUT2D eigenvalue weighted by atomic mass is 10.1. The molecule has 5 N–H and O–H groups in total. The van der Waals surface area contributed by atoms with Crippen LogP contribution >= 0.6 is 11.6 Å². The van der Waals surface area contributed by atoms with Crippen LogP contribution in [0.4, 0.5) is 10.7 Å². The summed E-state index contributed by atoms with van der Waals surface area (Å²) < 4.78 is 5.06. The molecule has 0 saturated heterocycles. The van der Waals surface area contributed by atoms with Crippen LogP contribution in [0.25, 0.3) is 22.6 Å². The second-order valence-electron chi connectivity index (χ2n) is 4.61. The van der Waals surface area contributed by atoms with Crippen molar-refractivity contribution < 1.29 is 9.53 Å². The molecule has 1 aromatic carbocycles. The van der Waals surface area contributed by atoms with Crippen LogP contribution in [0, 0.1) is 0 Å². The number of nitrogens with two attached hydrogens (primary N) is 2. The number of ether oxygens (including phenoxy) is 1. The van der Waals surface area contributed by atoms with Crippen LogP contribution in [0.3, 0.4) is 0 Å². The van der Waals surface area contributed by atoms with Crippen LogP contribution in [0.15, 0.2) is 42.6 Å². The third kappa shape index (κ3) is 2.95. The van der Waals surface area contributed by atoms with Crippen molar-refractivity contribution in [3.8, 4) is 28.4 Å². The predicted molar refractivity (Wildman–Crippen MR) is 86.9 cm³/mol. The number of H-pyrrole nitrogens is 1. The molecular formula is C15H12ClN5O2. The number of rotatable bonds is 3. The van der Waals surface area contributed by atoms with Gasteiger partial charge in [-0.25, -0.2) is 14.8 Å². The Kier molecular flexibility index (Phi) is 3.86. The lowest BCUT2D eigenvalue weighted by Crippen LogP contribution is -2.16. The molecule has 3 aromatic rings. The van der Waals surface area contributed by atoms with Crippen molar-refractivity contribution in [1.29, 1.82) is 0 Å². The Labute approximate surface area is 136 Å². The smallest absolute Gasteiger partial charge is 0.407 e. The number of nitrogen functional groups attached to an aromatic ring is 1. The van der Waals surface area contributed by atoms with Gasteiger partial charge in [0, 0.05) is 11.8 Å². The Bertz CT molecular complexity index is 864. The van der Waals surface area contributed by atoms with Crippen molar-refractivity contribution in [2.75, 3.05) is 5.73 Å². The van der Waals surface area contributed by atoms with Crippen LogP contribution in [-0.4, -0.2) is 21.0 Å². The molecule has 8 heteroatoms. The van der Waals surface area contributed by atoms with Crippen LogP contribution in [0.5, 0.6) is 5.75 Å². The number of anilines is 1. The maximum Gasteiger partial charge on any atom is 0.410 e. The van der Waals surface area contributed by atoms with Gasteiger partial charge in [0.1, 0.15) is 5.02 Å². The number of aromatic nitrogens is 3. The molecule has 0 spiro atoms. The lowest BCUT2D eigenvalue weighted by Gasteiger charge is -2.03. The number of benzene rings is 1. The van der Waals surface area contributed by atoms with E-state index < -0.39 is 6.09 Å². The van der Waals surface area contributed by atoms with E-state index in [1.807, 2.05) is 30.3 Å². The van der Waals surface area contributed by atoms with Gasteiger partial charge in [0.15, 0.2) is 5.75 Å². The molecule has 0 unspecified atom stereocenters. The maximum absolute atomic E-state index is 11.2. The zero-order valence-electron chi connectivity index (χ0n) is 11.8. The summed E-state index contributed by atoms with van der Waals surface area (Å²) in [6.45, 7) is 0. The Morgan fingerprint density at radius 1 is 1.17 bits per heavy atom. The number of amides is 1. The van der Waals surface area contributed by atoms with Crippen LogP contribution in [0.1, 0.15) is 0 Å². The van der Waals surface area contributed by atoms with E-state index in [9.17, 15) is 4.79 Å². The minimum atomic E-state index is -0.961. The highest BCUT2D eigenvalue weighted by Crippen LogP contribution is 2.42. The fraction of sp³-hybridized carbons (Fsp3) is 0. The molecule has 0 atom stereocenters. The summed E-state index contributed by atoms with van der Waals surface area (Å²) in [6, 6.07) is 10.9. The van der Waals surface area contributed by atoms with Crippen molar-refractivity contribution in [3.05, 3.63) is 47.6 Å². The van der Waals surface area contributed by atoms with Gasteiger partial charge in [0.2, 0.25) is 5.95 Å². The third-order valence-corrected chi connectivity index (χ3v) is 3.45. The number of carbonyl (C=O) groups excluding carboxylic acids is 1. The number of halogens is 1. The van der Waals surface area contributed by atoms with Crippen molar-refractivity contribution in [2.24, 2.45) is 5.73 Å². The molecule has 0 fully saturated rings. The minimum Gasteiger partial charge on any atom is -0.407 e. The molecule has 116 valence electrons. The normalized spacial score (nSPS) is 10.5. The van der Waals surface area contributed by atoms with Gasteiger partial charge < -0.3 is 21.2 Å². The standard InChI is InChI=1S/C15H12ClN5O2/c16-10-12(9-6-7-19-14(17)20-9)21-11(13(10)23-15(18)22)8-4-2-1-3-5-8/h1-7,21H,(H2,18,22)(H2,17,19,20). The highest BCUT2D eigenvalue weighted by Gasteiger charge is 2.22. The first-order valence-corrected chi connectivity index (χ1v) is 6.97. The first-order chi connectivity index (χ1) is 11.1. The van der Waals surface area contributed by atoms with E-state index in [1.165, 1.54) is 6.20 Å². The highest BCUT2D eigenvalue weighted by atomic mass is 35.5. The number of nitrogens with zero attached hydrogens (tertiary/aromatic N) is 2. The molecule has 0 aliphatic heterocycles. The number of carbonyl (C=O) groups is 1. The molecule has 0 radical (unpaired) electrons. The van der Waals surface area contributed by atoms with E-state index in [0.29, 0.717) is 17.1 Å². The monoisotopic (exact) mass is 329 g/mol. The quantitative estimate of drug-likeness (QED) is 0.682. The van der Waals surface area contributed by atoms with Gasteiger partial charge in [-0.3, -0.25) is 0 Å². The molecule has 0 aliphatic carbocycles. The maximum atomic E-state index is 11.2. The molecular weight excluding hydrogens is 318 g/mol. The largest absolute Gasteiger partial charge is 0.410 e. The van der Waals surface area contributed by atoms with Crippen LogP contribution in [0.2, 0.25) is 5.02 Å². The lowest BCUT2D eigenvalue weighted by molar-refractivity contribution is 0.211. The summed E-state index contributed by atoms with van der Waals surface area (Å²) in [5.74, 6) is 0.240. The highest BCUT2D eigenvalue weighted by molar-refractivity contribution is 6.35. The number of aromatic amines is 1. The fourth-order valence-electron chi connectivity index (χ4n) is 2.15. The Hall–Kier alpha value is -3.06. The summed E-state index contributed by atoms with van der Waals surface area (Å²) in [7, 11) is 0. The van der Waals surface area contributed by atoms with Gasteiger partial charge >= 0.3 is 6.09 Å². The predicted octanol–water partition coefficient (Wildman–Crippen LogP) is 2.83. The molecule has 0 bridgehead atoms. The second kappa shape index (κ2) is 5.98. The summed E-state index contributed by atoms with van der Waals surface area (Å²) in [5, 5.41) is 0.181. The SMILES string of the molecule is NC(=O)Oc1c(-c2ccccc2)[nH]c(-c2ccnc(N)n2)c1Cl. The van der Waals surface area contributed by atoms with E-state index in [4.69, 9.17) is 27.8 Å². The first kappa shape index (κ1) is 14.9. The molecule has 2 heterocycles. The van der Waals surface area contributed by atoms with Gasteiger partial charge in [0.05, 0.1) is 17.1 Å². The van der Waals surface area contributed by atoms with E-state index >= 15 is 0 Å². The minimum absolute atomic E-state index is 0.104. The zero-order valence-corrected chi connectivity index (χ0v) is 12.5. The van der Waals surface area contributed by atoms with E-state index in [2.05, 4.69) is 15.0 Å². The molecule has 1 amide bonds.